The number of rotatable bonds is 2. The number of pyridine rings is 1. The van der Waals surface area contributed by atoms with Crippen LogP contribution in [0, 0.1) is 5.41 Å². The summed E-state index contributed by atoms with van der Waals surface area (Å²) < 4.78 is 11.0. The quantitative estimate of drug-likeness (QED) is 0.567. The molecule has 0 unspecified atom stereocenters. The topological polar surface area (TPSA) is 31.4 Å². The van der Waals surface area contributed by atoms with Crippen LogP contribution in [0.4, 0.5) is 0 Å². The zero-order chi connectivity index (χ0) is 18.3. The van der Waals surface area contributed by atoms with Crippen LogP contribution in [0.5, 0.6) is 11.5 Å². The molecular formula is C23H25NO2. The number of aromatic nitrogens is 1. The van der Waals surface area contributed by atoms with Crippen LogP contribution >= 0.6 is 0 Å². The maximum atomic E-state index is 5.54. The van der Waals surface area contributed by atoms with Crippen molar-refractivity contribution in [1.29, 1.82) is 0 Å². The van der Waals surface area contributed by atoms with Crippen molar-refractivity contribution < 1.29 is 9.47 Å². The van der Waals surface area contributed by atoms with Gasteiger partial charge in [0, 0.05) is 17.0 Å². The van der Waals surface area contributed by atoms with Crippen molar-refractivity contribution >= 4 is 21.7 Å². The van der Waals surface area contributed by atoms with Crippen LogP contribution in [0.15, 0.2) is 30.5 Å². The van der Waals surface area contributed by atoms with Gasteiger partial charge in [-0.3, -0.25) is 4.98 Å². The highest BCUT2D eigenvalue weighted by atomic mass is 16.5. The van der Waals surface area contributed by atoms with Gasteiger partial charge >= 0.3 is 0 Å². The number of benzene rings is 2. The van der Waals surface area contributed by atoms with Crippen LogP contribution in [0.25, 0.3) is 21.7 Å². The first-order valence-corrected chi connectivity index (χ1v) is 9.40. The lowest BCUT2D eigenvalue weighted by molar-refractivity contribution is 0.232. The number of hydrogen-bond donors (Lipinski definition) is 0. The molecule has 0 aliphatic heterocycles. The van der Waals surface area contributed by atoms with Crippen molar-refractivity contribution in [3.8, 4) is 11.5 Å². The second kappa shape index (κ2) is 4.91. The minimum Gasteiger partial charge on any atom is -0.493 e. The predicted molar refractivity (Wildman–Crippen MR) is 105 cm³/mol. The van der Waals surface area contributed by atoms with Gasteiger partial charge in [-0.05, 0) is 58.2 Å². The number of hydrogen-bond acceptors (Lipinski definition) is 3. The van der Waals surface area contributed by atoms with Crippen molar-refractivity contribution in [2.75, 3.05) is 14.2 Å². The highest BCUT2D eigenvalue weighted by Crippen LogP contribution is 2.68. The molecule has 1 saturated carbocycles. The van der Waals surface area contributed by atoms with Gasteiger partial charge < -0.3 is 9.47 Å². The van der Waals surface area contributed by atoms with E-state index in [0.717, 1.165) is 27.8 Å². The Kier molecular flexibility index (Phi) is 3.00. The van der Waals surface area contributed by atoms with E-state index in [9.17, 15) is 0 Å². The maximum Gasteiger partial charge on any atom is 0.161 e. The van der Waals surface area contributed by atoms with Crippen LogP contribution in [0.3, 0.4) is 0 Å². The second-order valence-corrected chi connectivity index (χ2v) is 8.62. The van der Waals surface area contributed by atoms with E-state index < -0.39 is 0 Å². The SMILES string of the molecule is COc1cc2ccc3c4c(cnc3c2cc1OC)[C@@H]1CC[C@@]4(C)C1(C)C. The van der Waals surface area contributed by atoms with Gasteiger partial charge in [0.1, 0.15) is 0 Å². The molecule has 0 spiro atoms. The van der Waals surface area contributed by atoms with E-state index in [1.165, 1.54) is 29.4 Å². The third kappa shape index (κ3) is 1.67. The molecule has 2 atom stereocenters. The third-order valence-corrected chi connectivity index (χ3v) is 7.54. The first-order valence-electron chi connectivity index (χ1n) is 9.40. The Balaban J connectivity index is 1.87. The maximum absolute atomic E-state index is 5.54. The fourth-order valence-corrected chi connectivity index (χ4v) is 5.70. The lowest BCUT2D eigenvalue weighted by atomic mass is 9.68. The van der Waals surface area contributed by atoms with E-state index >= 15 is 0 Å². The molecule has 2 bridgehead atoms. The first-order chi connectivity index (χ1) is 12.4. The summed E-state index contributed by atoms with van der Waals surface area (Å²) >= 11 is 0. The molecule has 134 valence electrons. The molecule has 0 N–H and O–H groups in total. The smallest absolute Gasteiger partial charge is 0.161 e. The molecule has 3 nitrogen and oxygen atoms in total. The molecular weight excluding hydrogens is 322 g/mol. The summed E-state index contributed by atoms with van der Waals surface area (Å²) in [7, 11) is 3.36. The van der Waals surface area contributed by atoms with Gasteiger partial charge in [-0.25, -0.2) is 0 Å². The third-order valence-electron chi connectivity index (χ3n) is 7.54. The second-order valence-electron chi connectivity index (χ2n) is 8.62. The van der Waals surface area contributed by atoms with E-state index in [-0.39, 0.29) is 10.8 Å². The standard InChI is InChI=1S/C23H25NO2/c1-22(2)17-8-9-23(22,3)20-14-7-6-13-10-18(25-4)19(26-5)11-15(13)21(14)24-12-16(17)20/h6-7,10-12,17H,8-9H2,1-5H3/t17-,23+/m0/s1. The number of methoxy groups -OCH3 is 2. The van der Waals surface area contributed by atoms with Crippen molar-refractivity contribution in [3.63, 3.8) is 0 Å². The normalized spacial score (nSPS) is 25.7. The molecule has 3 heteroatoms. The van der Waals surface area contributed by atoms with Gasteiger partial charge in [0.25, 0.3) is 0 Å². The highest BCUT2D eigenvalue weighted by molar-refractivity contribution is 6.08. The number of ether oxygens (including phenoxy) is 2. The fraction of sp³-hybridized carbons (Fsp3) is 0.435. The predicted octanol–water partition coefficient (Wildman–Crippen LogP) is 5.58. The van der Waals surface area contributed by atoms with Crippen LogP contribution in [0.2, 0.25) is 0 Å². The minimum atomic E-state index is 0.221. The van der Waals surface area contributed by atoms with Crippen molar-refractivity contribution in [2.24, 2.45) is 5.41 Å². The Morgan fingerprint density at radius 3 is 2.46 bits per heavy atom. The van der Waals surface area contributed by atoms with Gasteiger partial charge in [-0.1, -0.05) is 32.9 Å². The number of nitrogens with zero attached hydrogens (tertiary/aromatic N) is 1. The largest absolute Gasteiger partial charge is 0.493 e. The zero-order valence-electron chi connectivity index (χ0n) is 16.1. The molecule has 0 amide bonds. The molecule has 0 saturated heterocycles. The van der Waals surface area contributed by atoms with Crippen LogP contribution in [-0.4, -0.2) is 19.2 Å². The summed E-state index contributed by atoms with van der Waals surface area (Å²) in [5.41, 5.74) is 4.58. The summed E-state index contributed by atoms with van der Waals surface area (Å²) in [6.07, 6.45) is 4.69. The van der Waals surface area contributed by atoms with Gasteiger partial charge in [0.2, 0.25) is 0 Å². The lowest BCUT2D eigenvalue weighted by Crippen LogP contribution is -2.31. The molecule has 26 heavy (non-hydrogen) atoms. The van der Waals surface area contributed by atoms with Gasteiger partial charge in [0.15, 0.2) is 11.5 Å². The van der Waals surface area contributed by atoms with Crippen molar-refractivity contribution in [1.82, 2.24) is 4.98 Å². The molecule has 1 heterocycles. The van der Waals surface area contributed by atoms with E-state index in [4.69, 9.17) is 14.5 Å². The highest BCUT2D eigenvalue weighted by Gasteiger charge is 2.59. The fourth-order valence-electron chi connectivity index (χ4n) is 5.70. The van der Waals surface area contributed by atoms with E-state index in [1.54, 1.807) is 14.2 Å². The summed E-state index contributed by atoms with van der Waals surface area (Å²) in [6, 6.07) is 8.57. The average Bonchev–Trinajstić information content (AvgIpc) is 2.98. The van der Waals surface area contributed by atoms with E-state index in [1.807, 2.05) is 6.07 Å². The summed E-state index contributed by atoms with van der Waals surface area (Å²) in [4.78, 5) is 4.93. The van der Waals surface area contributed by atoms with E-state index in [0.29, 0.717) is 5.92 Å². The minimum absolute atomic E-state index is 0.221. The van der Waals surface area contributed by atoms with Crippen molar-refractivity contribution in [3.05, 3.63) is 41.6 Å². The molecule has 1 fully saturated rings. The summed E-state index contributed by atoms with van der Waals surface area (Å²) in [5.74, 6) is 2.14. The van der Waals surface area contributed by atoms with E-state index in [2.05, 4.69) is 45.2 Å². The van der Waals surface area contributed by atoms with Crippen LogP contribution < -0.4 is 9.47 Å². The molecule has 2 aromatic carbocycles. The Hall–Kier alpha value is -2.29. The molecule has 5 rings (SSSR count). The van der Waals surface area contributed by atoms with Gasteiger partial charge in [-0.15, -0.1) is 0 Å². The Bertz CT molecular complexity index is 1070. The van der Waals surface area contributed by atoms with Gasteiger partial charge in [-0.2, -0.15) is 0 Å². The monoisotopic (exact) mass is 347 g/mol. The Morgan fingerprint density at radius 1 is 1.00 bits per heavy atom. The van der Waals surface area contributed by atoms with Gasteiger partial charge in [0.05, 0.1) is 19.7 Å². The van der Waals surface area contributed by atoms with Crippen molar-refractivity contribution in [2.45, 2.75) is 44.9 Å². The molecule has 2 aliphatic rings. The summed E-state index contributed by atoms with van der Waals surface area (Å²) in [5, 5.41) is 3.57. The Morgan fingerprint density at radius 2 is 1.73 bits per heavy atom. The van der Waals surface area contributed by atoms with Crippen LogP contribution in [0.1, 0.15) is 50.7 Å². The number of fused-ring (bicyclic) bond motifs is 9. The molecule has 2 aliphatic carbocycles. The molecule has 1 aromatic heterocycles. The first kappa shape index (κ1) is 15.9. The molecule has 0 radical (unpaired) electrons. The summed E-state index contributed by atoms with van der Waals surface area (Å²) in [6.45, 7) is 7.33. The average molecular weight is 347 g/mol. The Labute approximate surface area is 154 Å². The lowest BCUT2D eigenvalue weighted by Gasteiger charge is -2.35. The zero-order valence-corrected chi connectivity index (χ0v) is 16.1. The van der Waals surface area contributed by atoms with Crippen LogP contribution in [-0.2, 0) is 5.41 Å². The molecule has 3 aromatic rings.